The number of hydrogen-bond donors (Lipinski definition) is 0. The number of hydrogen-bond acceptors (Lipinski definition) is 3. The average molecular weight is 269 g/mol. The first-order valence-electron chi connectivity index (χ1n) is 5.58. The molecule has 1 heterocycles. The van der Waals surface area contributed by atoms with E-state index in [2.05, 4.69) is 5.16 Å². The summed E-state index contributed by atoms with van der Waals surface area (Å²) >= 11 is 0. The summed E-state index contributed by atoms with van der Waals surface area (Å²) in [5, 5.41) is 3.59. The van der Waals surface area contributed by atoms with E-state index in [1.54, 1.807) is 0 Å². The number of carbonyl (C=O) groups excluding carboxylic acids is 1. The molecule has 0 unspecified atom stereocenters. The minimum atomic E-state index is -4.37. The molecule has 3 nitrogen and oxygen atoms in total. The van der Waals surface area contributed by atoms with Crippen molar-refractivity contribution in [2.24, 2.45) is 0 Å². The second-order valence-corrected chi connectivity index (χ2v) is 3.92. The van der Waals surface area contributed by atoms with Crippen LogP contribution in [-0.4, -0.2) is 11.4 Å². The van der Waals surface area contributed by atoms with Crippen LogP contribution in [0.4, 0.5) is 13.2 Å². The lowest BCUT2D eigenvalue weighted by atomic mass is 10.0. The monoisotopic (exact) mass is 269 g/mol. The van der Waals surface area contributed by atoms with Crippen molar-refractivity contribution in [3.05, 3.63) is 41.1 Å². The van der Waals surface area contributed by atoms with Gasteiger partial charge in [-0.25, -0.2) is 0 Å². The molecule has 1 aromatic heterocycles. The first-order chi connectivity index (χ1) is 8.97. The Hall–Kier alpha value is -2.11. The van der Waals surface area contributed by atoms with Gasteiger partial charge in [0, 0.05) is 11.1 Å². The topological polar surface area (TPSA) is 43.1 Å². The van der Waals surface area contributed by atoms with Gasteiger partial charge in [0.2, 0.25) is 0 Å². The fourth-order valence-corrected chi connectivity index (χ4v) is 1.79. The van der Waals surface area contributed by atoms with Crippen LogP contribution in [0.15, 0.2) is 28.8 Å². The summed E-state index contributed by atoms with van der Waals surface area (Å²) in [6.07, 6.45) is -3.30. The van der Waals surface area contributed by atoms with Crippen LogP contribution in [-0.2, 0) is 12.6 Å². The fraction of sp³-hybridized carbons (Fsp3) is 0.231. The van der Waals surface area contributed by atoms with Crippen LogP contribution in [0.25, 0.3) is 11.3 Å². The van der Waals surface area contributed by atoms with Gasteiger partial charge in [0.05, 0.1) is 5.56 Å². The standard InChI is InChI=1S/C13H10F3NO2/c1-2-10-11(7-18)17-19-12(10)8-3-5-9(6-4-8)13(14,15)16/h3-7H,2H2,1H3. The number of halogens is 3. The van der Waals surface area contributed by atoms with Gasteiger partial charge in [0.15, 0.2) is 12.0 Å². The summed E-state index contributed by atoms with van der Waals surface area (Å²) in [5.41, 5.74) is 0.502. The number of benzene rings is 1. The van der Waals surface area contributed by atoms with Crippen LogP contribution < -0.4 is 0 Å². The summed E-state index contributed by atoms with van der Waals surface area (Å²) < 4.78 is 42.4. The summed E-state index contributed by atoms with van der Waals surface area (Å²) in [5.74, 6) is 0.332. The third-order valence-electron chi connectivity index (χ3n) is 2.76. The summed E-state index contributed by atoms with van der Waals surface area (Å²) in [6.45, 7) is 1.81. The maximum absolute atomic E-state index is 12.4. The van der Waals surface area contributed by atoms with E-state index in [9.17, 15) is 18.0 Å². The number of nitrogens with zero attached hydrogens (tertiary/aromatic N) is 1. The zero-order valence-electron chi connectivity index (χ0n) is 9.99. The molecule has 0 fully saturated rings. The number of alkyl halides is 3. The average Bonchev–Trinajstić information content (AvgIpc) is 2.80. The number of carbonyl (C=O) groups is 1. The predicted octanol–water partition coefficient (Wildman–Crippen LogP) is 3.74. The van der Waals surface area contributed by atoms with Crippen molar-refractivity contribution in [2.45, 2.75) is 19.5 Å². The van der Waals surface area contributed by atoms with Gasteiger partial charge in [-0.1, -0.05) is 24.2 Å². The largest absolute Gasteiger partial charge is 0.416 e. The first-order valence-corrected chi connectivity index (χ1v) is 5.58. The van der Waals surface area contributed by atoms with E-state index < -0.39 is 11.7 Å². The lowest BCUT2D eigenvalue weighted by Gasteiger charge is -2.06. The summed E-state index contributed by atoms with van der Waals surface area (Å²) in [7, 11) is 0. The molecule has 0 bridgehead atoms. The van der Waals surface area contributed by atoms with Crippen molar-refractivity contribution < 1.29 is 22.5 Å². The Bertz CT molecular complexity index is 585. The van der Waals surface area contributed by atoms with Gasteiger partial charge < -0.3 is 4.52 Å². The van der Waals surface area contributed by atoms with Crippen LogP contribution in [0.3, 0.4) is 0 Å². The summed E-state index contributed by atoms with van der Waals surface area (Å²) in [4.78, 5) is 10.7. The van der Waals surface area contributed by atoms with Crippen LogP contribution in [0.2, 0.25) is 0 Å². The number of aldehydes is 1. The van der Waals surface area contributed by atoms with Crippen molar-refractivity contribution in [3.63, 3.8) is 0 Å². The Morgan fingerprint density at radius 1 is 1.26 bits per heavy atom. The normalized spacial score (nSPS) is 11.6. The van der Waals surface area contributed by atoms with Gasteiger partial charge in [-0.05, 0) is 18.6 Å². The molecule has 2 aromatic rings. The maximum atomic E-state index is 12.4. The molecule has 1 aromatic carbocycles. The molecular formula is C13H10F3NO2. The minimum Gasteiger partial charge on any atom is -0.355 e. The van der Waals surface area contributed by atoms with Crippen LogP contribution in [0, 0.1) is 0 Å². The SMILES string of the molecule is CCc1c(C=O)noc1-c1ccc(C(F)(F)F)cc1. The molecule has 0 aliphatic carbocycles. The molecule has 0 spiro atoms. The number of aromatic nitrogens is 1. The molecule has 0 aliphatic rings. The zero-order chi connectivity index (χ0) is 14.0. The molecule has 0 aliphatic heterocycles. The van der Waals surface area contributed by atoms with Crippen molar-refractivity contribution in [3.8, 4) is 11.3 Å². The van der Waals surface area contributed by atoms with Gasteiger partial charge in [-0.2, -0.15) is 13.2 Å². The molecule has 0 atom stereocenters. The third kappa shape index (κ3) is 2.52. The van der Waals surface area contributed by atoms with Gasteiger partial charge in [-0.3, -0.25) is 4.79 Å². The van der Waals surface area contributed by atoms with Gasteiger partial charge in [-0.15, -0.1) is 0 Å². The van der Waals surface area contributed by atoms with Crippen molar-refractivity contribution in [2.75, 3.05) is 0 Å². The van der Waals surface area contributed by atoms with Crippen molar-refractivity contribution in [1.29, 1.82) is 0 Å². The molecule has 0 amide bonds. The number of rotatable bonds is 3. The van der Waals surface area contributed by atoms with Gasteiger partial charge >= 0.3 is 6.18 Å². The van der Waals surface area contributed by atoms with E-state index in [0.29, 0.717) is 29.6 Å². The molecule has 0 radical (unpaired) electrons. The van der Waals surface area contributed by atoms with E-state index in [1.165, 1.54) is 12.1 Å². The van der Waals surface area contributed by atoms with E-state index in [4.69, 9.17) is 4.52 Å². The van der Waals surface area contributed by atoms with E-state index in [-0.39, 0.29) is 5.69 Å². The molecular weight excluding hydrogens is 259 g/mol. The lowest BCUT2D eigenvalue weighted by Crippen LogP contribution is -2.04. The Morgan fingerprint density at radius 3 is 2.37 bits per heavy atom. The second-order valence-electron chi connectivity index (χ2n) is 3.92. The lowest BCUT2D eigenvalue weighted by molar-refractivity contribution is -0.137. The molecule has 100 valence electrons. The highest BCUT2D eigenvalue weighted by molar-refractivity contribution is 5.78. The predicted molar refractivity (Wildman–Crippen MR) is 61.7 cm³/mol. The van der Waals surface area contributed by atoms with Crippen molar-refractivity contribution in [1.82, 2.24) is 5.16 Å². The Kier molecular flexibility index (Phi) is 3.42. The highest BCUT2D eigenvalue weighted by Gasteiger charge is 2.30. The molecule has 0 saturated carbocycles. The third-order valence-corrected chi connectivity index (χ3v) is 2.76. The van der Waals surface area contributed by atoms with E-state index in [1.807, 2.05) is 6.92 Å². The molecule has 0 saturated heterocycles. The van der Waals surface area contributed by atoms with Gasteiger partial charge in [0.25, 0.3) is 0 Å². The van der Waals surface area contributed by atoms with Crippen LogP contribution >= 0.6 is 0 Å². The highest BCUT2D eigenvalue weighted by Crippen LogP contribution is 2.32. The quantitative estimate of drug-likeness (QED) is 0.797. The highest BCUT2D eigenvalue weighted by atomic mass is 19.4. The minimum absolute atomic E-state index is 0.178. The second kappa shape index (κ2) is 4.87. The van der Waals surface area contributed by atoms with Crippen molar-refractivity contribution >= 4 is 6.29 Å². The first kappa shape index (κ1) is 13.3. The maximum Gasteiger partial charge on any atom is 0.416 e. The zero-order valence-corrected chi connectivity index (χ0v) is 9.99. The molecule has 2 rings (SSSR count). The smallest absolute Gasteiger partial charge is 0.355 e. The Morgan fingerprint density at radius 2 is 1.89 bits per heavy atom. The van der Waals surface area contributed by atoms with Gasteiger partial charge in [0.1, 0.15) is 5.69 Å². The van der Waals surface area contributed by atoms with E-state index >= 15 is 0 Å². The summed E-state index contributed by atoms with van der Waals surface area (Å²) in [6, 6.07) is 4.55. The van der Waals surface area contributed by atoms with Crippen LogP contribution in [0.5, 0.6) is 0 Å². The molecule has 0 N–H and O–H groups in total. The molecule has 19 heavy (non-hydrogen) atoms. The Balaban J connectivity index is 2.43. The molecule has 6 heteroatoms. The fourth-order valence-electron chi connectivity index (χ4n) is 1.79. The van der Waals surface area contributed by atoms with E-state index in [0.717, 1.165) is 12.1 Å². The Labute approximate surface area is 107 Å². The van der Waals surface area contributed by atoms with Crippen LogP contribution in [0.1, 0.15) is 28.5 Å².